The van der Waals surface area contributed by atoms with E-state index in [2.05, 4.69) is 20.3 Å². The number of hydrogen-bond acceptors (Lipinski definition) is 5. The lowest BCUT2D eigenvalue weighted by molar-refractivity contribution is -0.116. The Bertz CT molecular complexity index is 744. The maximum absolute atomic E-state index is 11.8. The monoisotopic (exact) mass is 294 g/mol. The molecule has 1 amide bonds. The van der Waals surface area contributed by atoms with Gasteiger partial charge in [0, 0.05) is 23.1 Å². The van der Waals surface area contributed by atoms with Gasteiger partial charge in [-0.3, -0.25) is 14.6 Å². The highest BCUT2D eigenvalue weighted by atomic mass is 32.1. The van der Waals surface area contributed by atoms with E-state index in [0.717, 1.165) is 5.69 Å². The Morgan fingerprint density at radius 2 is 2.10 bits per heavy atom. The molecule has 0 atom stereocenters. The molecule has 0 aliphatic carbocycles. The fourth-order valence-electron chi connectivity index (χ4n) is 1.76. The summed E-state index contributed by atoms with van der Waals surface area (Å²) in [5, 5.41) is 5.05. The molecule has 106 valence electrons. The van der Waals surface area contributed by atoms with Crippen molar-refractivity contribution in [3.8, 4) is 0 Å². The van der Waals surface area contributed by atoms with Crippen LogP contribution in [0.3, 0.4) is 0 Å². The number of nitrogens with one attached hydrogen (secondary N) is 3. The number of H-pyrrole nitrogens is 2. The first-order valence-electron chi connectivity index (χ1n) is 6.00. The summed E-state index contributed by atoms with van der Waals surface area (Å²) in [7, 11) is 0. The van der Waals surface area contributed by atoms with Crippen molar-refractivity contribution in [2.75, 3.05) is 5.32 Å². The molecule has 0 aromatic carbocycles. The van der Waals surface area contributed by atoms with Gasteiger partial charge in [0.1, 0.15) is 0 Å². The Balaban J connectivity index is 2.00. The van der Waals surface area contributed by atoms with E-state index in [1.165, 1.54) is 11.3 Å². The molecule has 0 radical (unpaired) electrons. The molecule has 0 spiro atoms. The molecule has 8 heteroatoms. The Labute approximate surface area is 118 Å². The fraction of sp³-hybridized carbons (Fsp3) is 0.333. The molecule has 2 rings (SSSR count). The van der Waals surface area contributed by atoms with Crippen LogP contribution in [0.2, 0.25) is 0 Å². The smallest absolute Gasteiger partial charge is 0.311 e. The highest BCUT2D eigenvalue weighted by molar-refractivity contribution is 7.13. The third kappa shape index (κ3) is 3.41. The zero-order chi connectivity index (χ0) is 14.7. The average molecular weight is 294 g/mol. The second-order valence-corrected chi connectivity index (χ2v) is 5.21. The van der Waals surface area contributed by atoms with Crippen LogP contribution >= 0.6 is 11.3 Å². The lowest BCUT2D eigenvalue weighted by atomic mass is 10.1. The molecular weight excluding hydrogens is 280 g/mol. The van der Waals surface area contributed by atoms with Crippen LogP contribution in [0.1, 0.15) is 23.4 Å². The van der Waals surface area contributed by atoms with Crippen molar-refractivity contribution in [1.82, 2.24) is 15.0 Å². The fourth-order valence-corrected chi connectivity index (χ4v) is 2.46. The maximum Gasteiger partial charge on any atom is 0.325 e. The quantitative estimate of drug-likeness (QED) is 0.771. The topological polar surface area (TPSA) is 108 Å². The molecule has 3 N–H and O–H groups in total. The van der Waals surface area contributed by atoms with E-state index in [1.54, 1.807) is 6.92 Å². The number of carbonyl (C=O) groups excluding carboxylic acids is 1. The summed E-state index contributed by atoms with van der Waals surface area (Å²) >= 11 is 1.35. The van der Waals surface area contributed by atoms with Gasteiger partial charge in [-0.05, 0) is 20.3 Å². The minimum absolute atomic E-state index is 0.147. The summed E-state index contributed by atoms with van der Waals surface area (Å²) in [5.41, 5.74) is 0.744. The van der Waals surface area contributed by atoms with Gasteiger partial charge in [-0.25, -0.2) is 9.78 Å². The molecule has 7 nitrogen and oxygen atoms in total. The maximum atomic E-state index is 11.8. The number of aryl methyl sites for hydroxylation is 2. The van der Waals surface area contributed by atoms with E-state index >= 15 is 0 Å². The highest BCUT2D eigenvalue weighted by Crippen LogP contribution is 2.14. The SMILES string of the molecule is Cc1csc(NC(=O)CCc2c(C)[nH]c(=O)[nH]c2=O)n1. The van der Waals surface area contributed by atoms with Gasteiger partial charge >= 0.3 is 5.69 Å². The average Bonchev–Trinajstić information content (AvgIpc) is 2.73. The van der Waals surface area contributed by atoms with Crippen LogP contribution in [0.5, 0.6) is 0 Å². The Kier molecular flexibility index (Phi) is 4.14. The van der Waals surface area contributed by atoms with E-state index in [9.17, 15) is 14.4 Å². The van der Waals surface area contributed by atoms with Crippen LogP contribution in [0.15, 0.2) is 15.0 Å². The minimum atomic E-state index is -0.543. The molecule has 0 saturated carbocycles. The summed E-state index contributed by atoms with van der Waals surface area (Å²) in [6.45, 7) is 3.48. The third-order valence-electron chi connectivity index (χ3n) is 2.72. The molecule has 0 aliphatic heterocycles. The van der Waals surface area contributed by atoms with Crippen LogP contribution in [-0.4, -0.2) is 20.9 Å². The lowest BCUT2D eigenvalue weighted by Gasteiger charge is -2.04. The Morgan fingerprint density at radius 1 is 1.35 bits per heavy atom. The van der Waals surface area contributed by atoms with Gasteiger partial charge < -0.3 is 10.3 Å². The number of thiazole rings is 1. The van der Waals surface area contributed by atoms with E-state index in [4.69, 9.17) is 0 Å². The van der Waals surface area contributed by atoms with E-state index in [-0.39, 0.29) is 18.7 Å². The molecule has 2 aromatic heterocycles. The number of rotatable bonds is 4. The Morgan fingerprint density at radius 3 is 2.70 bits per heavy atom. The summed E-state index contributed by atoms with van der Waals surface area (Å²) in [6, 6.07) is 0. The second kappa shape index (κ2) is 5.83. The number of aromatic nitrogens is 3. The van der Waals surface area contributed by atoms with Crippen LogP contribution < -0.4 is 16.6 Å². The van der Waals surface area contributed by atoms with Gasteiger partial charge in [-0.2, -0.15) is 0 Å². The van der Waals surface area contributed by atoms with Crippen molar-refractivity contribution in [1.29, 1.82) is 0 Å². The highest BCUT2D eigenvalue weighted by Gasteiger charge is 2.10. The van der Waals surface area contributed by atoms with Gasteiger partial charge in [0.05, 0.1) is 5.69 Å². The third-order valence-corrected chi connectivity index (χ3v) is 3.60. The van der Waals surface area contributed by atoms with Crippen LogP contribution in [0.4, 0.5) is 5.13 Å². The predicted molar refractivity (Wildman–Crippen MR) is 76.2 cm³/mol. The van der Waals surface area contributed by atoms with Crippen LogP contribution in [0.25, 0.3) is 0 Å². The minimum Gasteiger partial charge on any atom is -0.311 e. The number of anilines is 1. The van der Waals surface area contributed by atoms with E-state index in [1.807, 2.05) is 12.3 Å². The summed E-state index contributed by atoms with van der Waals surface area (Å²) in [5.74, 6) is -0.218. The molecule has 0 fully saturated rings. The summed E-state index contributed by atoms with van der Waals surface area (Å²) in [6.07, 6.45) is 0.405. The van der Waals surface area contributed by atoms with Crippen molar-refractivity contribution in [3.63, 3.8) is 0 Å². The van der Waals surface area contributed by atoms with E-state index in [0.29, 0.717) is 16.4 Å². The Hall–Kier alpha value is -2.22. The molecule has 0 unspecified atom stereocenters. The molecule has 0 saturated heterocycles. The predicted octanol–water partition coefficient (Wildman–Crippen LogP) is 0.708. The number of hydrogen-bond donors (Lipinski definition) is 3. The molecule has 0 bridgehead atoms. The van der Waals surface area contributed by atoms with Crippen molar-refractivity contribution < 1.29 is 4.79 Å². The van der Waals surface area contributed by atoms with Gasteiger partial charge in [0.25, 0.3) is 5.56 Å². The largest absolute Gasteiger partial charge is 0.325 e. The van der Waals surface area contributed by atoms with Gasteiger partial charge in [0.2, 0.25) is 5.91 Å². The zero-order valence-corrected chi connectivity index (χ0v) is 11.9. The van der Waals surface area contributed by atoms with Crippen molar-refractivity contribution in [3.05, 3.63) is 43.2 Å². The first-order chi connectivity index (χ1) is 9.45. The zero-order valence-electron chi connectivity index (χ0n) is 11.1. The van der Waals surface area contributed by atoms with Crippen molar-refractivity contribution >= 4 is 22.4 Å². The summed E-state index contributed by atoms with van der Waals surface area (Å²) < 4.78 is 0. The first kappa shape index (κ1) is 14.2. The van der Waals surface area contributed by atoms with Crippen LogP contribution in [-0.2, 0) is 11.2 Å². The number of carbonyl (C=O) groups is 1. The molecule has 2 heterocycles. The van der Waals surface area contributed by atoms with Crippen LogP contribution in [0, 0.1) is 13.8 Å². The number of nitrogens with zero attached hydrogens (tertiary/aromatic N) is 1. The summed E-state index contributed by atoms with van der Waals surface area (Å²) in [4.78, 5) is 43.2. The number of amides is 1. The van der Waals surface area contributed by atoms with Gasteiger partial charge in [-0.15, -0.1) is 11.3 Å². The van der Waals surface area contributed by atoms with E-state index < -0.39 is 11.2 Å². The number of aromatic amines is 2. The van der Waals surface area contributed by atoms with Gasteiger partial charge in [0.15, 0.2) is 5.13 Å². The molecule has 2 aromatic rings. The standard InChI is InChI=1S/C12H14N4O3S/c1-6-5-20-12(13-6)15-9(17)4-3-8-7(2)14-11(19)16-10(8)18/h5H,3-4H2,1-2H3,(H,13,15,17)(H2,14,16,18,19). The molecule has 20 heavy (non-hydrogen) atoms. The van der Waals surface area contributed by atoms with Crippen molar-refractivity contribution in [2.45, 2.75) is 26.7 Å². The molecular formula is C12H14N4O3S. The lowest BCUT2D eigenvalue weighted by Crippen LogP contribution is -2.27. The second-order valence-electron chi connectivity index (χ2n) is 4.35. The molecule has 0 aliphatic rings. The first-order valence-corrected chi connectivity index (χ1v) is 6.87. The van der Waals surface area contributed by atoms with Crippen molar-refractivity contribution in [2.24, 2.45) is 0 Å². The normalized spacial score (nSPS) is 10.5. The van der Waals surface area contributed by atoms with Gasteiger partial charge in [-0.1, -0.05) is 0 Å².